The lowest BCUT2D eigenvalue weighted by atomic mass is 9.96. The van der Waals surface area contributed by atoms with Crippen molar-refractivity contribution in [1.29, 1.82) is 0 Å². The van der Waals surface area contributed by atoms with Crippen LogP contribution in [0.1, 0.15) is 37.5 Å². The highest BCUT2D eigenvalue weighted by Gasteiger charge is 2.37. The largest absolute Gasteiger partial charge is 0.472 e. The summed E-state index contributed by atoms with van der Waals surface area (Å²) in [7, 11) is 0. The number of nitrogens with zero attached hydrogens (tertiary/aromatic N) is 3. The van der Waals surface area contributed by atoms with Crippen molar-refractivity contribution in [2.45, 2.75) is 40.4 Å². The number of rotatable bonds is 6. The maximum atomic E-state index is 11.7. The van der Waals surface area contributed by atoms with E-state index in [2.05, 4.69) is 30.7 Å². The van der Waals surface area contributed by atoms with Crippen molar-refractivity contribution < 1.29 is 28.6 Å². The highest BCUT2D eigenvalue weighted by molar-refractivity contribution is 5.90. The van der Waals surface area contributed by atoms with Crippen molar-refractivity contribution >= 4 is 51.8 Å². The fourth-order valence-electron chi connectivity index (χ4n) is 6.39. The second-order valence-corrected chi connectivity index (χ2v) is 12.0. The molecular weight excluding hydrogens is 612 g/mol. The molecule has 0 aliphatic carbocycles. The molecule has 0 radical (unpaired) electrons. The van der Waals surface area contributed by atoms with Gasteiger partial charge >= 0.3 is 0 Å². The fourth-order valence-corrected chi connectivity index (χ4v) is 6.39. The van der Waals surface area contributed by atoms with Crippen LogP contribution in [0.4, 0.5) is 34.1 Å². The standard InChI is InChI=1S/C36H36N6O6/c1-22(43)37-25-7-4-10-28(13-25)40-16-31-34(46-19-40)32-17-41(29-11-5-8-26(14-29)38-23(2)44)21-48-36(32)33-18-42(20-47-35(31)33)30-12-6-9-27(15-30)39-24(3)45/h4-15H,16-21H2,1-3H3,(H,37,43)(H,38,44)(H,39,45). The molecule has 0 fully saturated rings. The van der Waals surface area contributed by atoms with Gasteiger partial charge in [-0.05, 0) is 54.6 Å². The molecule has 12 heteroatoms. The van der Waals surface area contributed by atoms with Crippen LogP contribution in [0.2, 0.25) is 0 Å². The van der Waals surface area contributed by atoms with Gasteiger partial charge in [-0.3, -0.25) is 14.4 Å². The van der Waals surface area contributed by atoms with Crippen molar-refractivity contribution in [3.05, 3.63) is 89.5 Å². The van der Waals surface area contributed by atoms with Gasteiger partial charge in [0.1, 0.15) is 17.2 Å². The number of hydrogen-bond acceptors (Lipinski definition) is 9. The number of ether oxygens (including phenoxy) is 3. The zero-order valence-corrected chi connectivity index (χ0v) is 27.0. The number of amides is 3. The van der Waals surface area contributed by atoms with E-state index in [0.29, 0.717) is 56.9 Å². The van der Waals surface area contributed by atoms with Crippen molar-refractivity contribution in [1.82, 2.24) is 0 Å². The quantitative estimate of drug-likeness (QED) is 0.244. The fraction of sp³-hybridized carbons (Fsp3) is 0.250. The Kier molecular flexibility index (Phi) is 8.14. The summed E-state index contributed by atoms with van der Waals surface area (Å²) in [6.07, 6.45) is 0. The first-order valence-electron chi connectivity index (χ1n) is 15.7. The molecule has 0 spiro atoms. The van der Waals surface area contributed by atoms with E-state index in [0.717, 1.165) is 51.0 Å². The number of anilines is 6. The van der Waals surface area contributed by atoms with Crippen LogP contribution in [0, 0.1) is 0 Å². The summed E-state index contributed by atoms with van der Waals surface area (Å²) in [5.41, 5.74) is 7.58. The third kappa shape index (κ3) is 6.24. The number of carbonyl (C=O) groups is 3. The second kappa shape index (κ2) is 12.7. The Balaban J connectivity index is 1.26. The molecule has 0 unspecified atom stereocenters. The molecule has 0 bridgehead atoms. The Labute approximate surface area is 278 Å². The summed E-state index contributed by atoms with van der Waals surface area (Å²) < 4.78 is 19.6. The van der Waals surface area contributed by atoms with Crippen molar-refractivity contribution in [3.63, 3.8) is 0 Å². The molecule has 0 aromatic heterocycles. The first kappa shape index (κ1) is 30.7. The van der Waals surface area contributed by atoms with Gasteiger partial charge in [-0.2, -0.15) is 0 Å². The van der Waals surface area contributed by atoms with Crippen LogP contribution in [-0.2, 0) is 34.0 Å². The lowest BCUT2D eigenvalue weighted by Gasteiger charge is -2.41. The molecule has 3 aliphatic heterocycles. The molecule has 48 heavy (non-hydrogen) atoms. The van der Waals surface area contributed by atoms with E-state index in [1.54, 1.807) is 0 Å². The first-order valence-corrected chi connectivity index (χ1v) is 15.7. The molecule has 4 aromatic carbocycles. The molecule has 3 N–H and O–H groups in total. The number of fused-ring (bicyclic) bond motifs is 6. The van der Waals surface area contributed by atoms with Gasteiger partial charge in [0, 0.05) is 54.9 Å². The third-order valence-electron chi connectivity index (χ3n) is 8.38. The molecule has 0 atom stereocenters. The molecular formula is C36H36N6O6. The monoisotopic (exact) mass is 648 g/mol. The Hall–Kier alpha value is -5.91. The number of nitrogens with one attached hydrogen (secondary N) is 3. The minimum atomic E-state index is -0.138. The van der Waals surface area contributed by atoms with E-state index in [9.17, 15) is 14.4 Å². The summed E-state index contributed by atoms with van der Waals surface area (Å²) in [5.74, 6) is 1.80. The van der Waals surface area contributed by atoms with Gasteiger partial charge in [0.2, 0.25) is 17.7 Å². The van der Waals surface area contributed by atoms with Gasteiger partial charge < -0.3 is 44.9 Å². The van der Waals surface area contributed by atoms with E-state index in [-0.39, 0.29) is 17.7 Å². The molecule has 0 saturated heterocycles. The first-order chi connectivity index (χ1) is 23.2. The normalized spacial score (nSPS) is 14.7. The topological polar surface area (TPSA) is 125 Å². The zero-order chi connectivity index (χ0) is 33.4. The van der Waals surface area contributed by atoms with Crippen molar-refractivity contribution in [2.24, 2.45) is 0 Å². The van der Waals surface area contributed by atoms with E-state index in [1.165, 1.54) is 20.8 Å². The van der Waals surface area contributed by atoms with E-state index < -0.39 is 0 Å². The summed E-state index contributed by atoms with van der Waals surface area (Å²) in [6.45, 7) is 6.90. The smallest absolute Gasteiger partial charge is 0.221 e. The average Bonchev–Trinajstić information content (AvgIpc) is 3.07. The molecule has 12 nitrogen and oxygen atoms in total. The Bertz CT molecular complexity index is 1690. The van der Waals surface area contributed by atoms with Gasteiger partial charge in [0.25, 0.3) is 0 Å². The maximum absolute atomic E-state index is 11.7. The Morgan fingerprint density at radius 1 is 0.500 bits per heavy atom. The minimum absolute atomic E-state index is 0.138. The van der Waals surface area contributed by atoms with Crippen LogP contribution < -0.4 is 44.9 Å². The van der Waals surface area contributed by atoms with Gasteiger partial charge in [-0.25, -0.2) is 0 Å². The van der Waals surface area contributed by atoms with Crippen molar-refractivity contribution in [3.8, 4) is 17.2 Å². The number of hydrogen-bond donors (Lipinski definition) is 3. The molecule has 3 heterocycles. The minimum Gasteiger partial charge on any atom is -0.472 e. The molecule has 3 amide bonds. The van der Waals surface area contributed by atoms with Gasteiger partial charge in [0.05, 0.1) is 36.3 Å². The van der Waals surface area contributed by atoms with Gasteiger partial charge in [-0.1, -0.05) is 18.2 Å². The summed E-state index contributed by atoms with van der Waals surface area (Å²) in [4.78, 5) is 41.5. The van der Waals surface area contributed by atoms with Crippen LogP contribution in [0.25, 0.3) is 0 Å². The van der Waals surface area contributed by atoms with Gasteiger partial charge in [0.15, 0.2) is 20.2 Å². The van der Waals surface area contributed by atoms with Crippen LogP contribution in [0.15, 0.2) is 72.8 Å². The average molecular weight is 649 g/mol. The van der Waals surface area contributed by atoms with Crippen LogP contribution in [0.5, 0.6) is 17.2 Å². The molecule has 4 aromatic rings. The summed E-state index contributed by atoms with van der Waals surface area (Å²) in [5, 5.41) is 8.58. The maximum Gasteiger partial charge on any atom is 0.221 e. The lowest BCUT2D eigenvalue weighted by Crippen LogP contribution is -2.39. The van der Waals surface area contributed by atoms with E-state index in [4.69, 9.17) is 14.2 Å². The lowest BCUT2D eigenvalue weighted by molar-refractivity contribution is -0.115. The SMILES string of the molecule is CC(=O)Nc1cccc(N2COc3c(c4c(c5c3CN(c3cccc(NC(C)=O)c3)CO5)CN(c3cccc(NC(C)=O)c3)CO4)C2)c1. The van der Waals surface area contributed by atoms with Gasteiger partial charge in [-0.15, -0.1) is 0 Å². The predicted molar refractivity (Wildman–Crippen MR) is 184 cm³/mol. The van der Waals surface area contributed by atoms with Crippen molar-refractivity contribution in [2.75, 3.05) is 50.8 Å². The molecule has 7 rings (SSSR count). The Morgan fingerprint density at radius 3 is 1.06 bits per heavy atom. The van der Waals surface area contributed by atoms with Crippen LogP contribution in [-0.4, -0.2) is 37.9 Å². The molecule has 246 valence electrons. The number of benzene rings is 4. The third-order valence-corrected chi connectivity index (χ3v) is 8.38. The van der Waals surface area contributed by atoms with E-state index >= 15 is 0 Å². The second-order valence-electron chi connectivity index (χ2n) is 12.0. The highest BCUT2D eigenvalue weighted by Crippen LogP contribution is 2.50. The van der Waals surface area contributed by atoms with Crippen LogP contribution >= 0.6 is 0 Å². The molecule has 3 aliphatic rings. The van der Waals surface area contributed by atoms with Crippen LogP contribution in [0.3, 0.4) is 0 Å². The van der Waals surface area contributed by atoms with E-state index in [1.807, 2.05) is 72.8 Å². The zero-order valence-electron chi connectivity index (χ0n) is 27.0. The number of carbonyl (C=O) groups excluding carboxylic acids is 3. The predicted octanol–water partition coefficient (Wildman–Crippen LogP) is 5.63. The summed E-state index contributed by atoms with van der Waals surface area (Å²) >= 11 is 0. The summed E-state index contributed by atoms with van der Waals surface area (Å²) in [6, 6.07) is 23.0. The Morgan fingerprint density at radius 2 is 0.792 bits per heavy atom. The highest BCUT2D eigenvalue weighted by atomic mass is 16.5. The molecule has 0 saturated carbocycles.